The average Bonchev–Trinajstić information content (AvgIpc) is 2.76. The Bertz CT molecular complexity index is 951. The Balaban J connectivity index is 0.000000272. The van der Waals surface area contributed by atoms with Gasteiger partial charge in [0.2, 0.25) is 0 Å². The summed E-state index contributed by atoms with van der Waals surface area (Å²) in [7, 11) is -4.67. The highest BCUT2D eigenvalue weighted by molar-refractivity contribution is 7.79. The maximum absolute atomic E-state index is 12.1. The van der Waals surface area contributed by atoms with Gasteiger partial charge in [0.1, 0.15) is 24.4 Å². The predicted molar refractivity (Wildman–Crippen MR) is 110 cm³/mol. The molecular formula is C20H24O11S. The zero-order valence-electron chi connectivity index (χ0n) is 16.6. The van der Waals surface area contributed by atoms with Crippen molar-refractivity contribution in [3.05, 3.63) is 70.8 Å². The van der Waals surface area contributed by atoms with Gasteiger partial charge in [0.15, 0.2) is 12.1 Å². The summed E-state index contributed by atoms with van der Waals surface area (Å²) in [5, 5.41) is 43.5. The SMILES string of the molecule is O=C1c2ccccc2Cc2ccccc21.O=C[C@H](O)[C@@H](O)[C@H](O)[C@H](O)CO.O=S(=O)(O)O. The van der Waals surface area contributed by atoms with Crippen molar-refractivity contribution in [2.75, 3.05) is 6.61 Å². The number of aliphatic hydroxyl groups is 5. The van der Waals surface area contributed by atoms with Crippen LogP contribution < -0.4 is 0 Å². The van der Waals surface area contributed by atoms with Crippen molar-refractivity contribution >= 4 is 22.5 Å². The number of hydrogen-bond donors (Lipinski definition) is 7. The molecule has 0 heterocycles. The molecule has 0 amide bonds. The summed E-state index contributed by atoms with van der Waals surface area (Å²) in [5.74, 6) is 0.160. The van der Waals surface area contributed by atoms with Crippen LogP contribution in [0, 0.1) is 0 Å². The normalized spacial score (nSPS) is 15.9. The third kappa shape index (κ3) is 8.53. The number of fused-ring (bicyclic) bond motifs is 2. The van der Waals surface area contributed by atoms with Gasteiger partial charge in [0.25, 0.3) is 0 Å². The van der Waals surface area contributed by atoms with Crippen LogP contribution in [0.1, 0.15) is 27.0 Å². The largest absolute Gasteiger partial charge is 0.394 e. The number of ketones is 1. The van der Waals surface area contributed by atoms with E-state index in [-0.39, 0.29) is 12.1 Å². The van der Waals surface area contributed by atoms with Gasteiger partial charge in [-0.3, -0.25) is 13.9 Å². The lowest BCUT2D eigenvalue weighted by atomic mass is 9.85. The molecule has 176 valence electrons. The number of carbonyl (C=O) groups excluding carboxylic acids is 2. The Morgan fingerprint density at radius 2 is 1.25 bits per heavy atom. The van der Waals surface area contributed by atoms with Crippen LogP contribution in [-0.4, -0.2) is 86.1 Å². The maximum atomic E-state index is 12.1. The Morgan fingerprint density at radius 1 is 0.844 bits per heavy atom. The zero-order valence-corrected chi connectivity index (χ0v) is 17.4. The lowest BCUT2D eigenvalue weighted by molar-refractivity contribution is -0.136. The Labute approximate surface area is 183 Å². The molecule has 12 heteroatoms. The Kier molecular flexibility index (Phi) is 10.7. The van der Waals surface area contributed by atoms with Crippen LogP contribution in [0.3, 0.4) is 0 Å². The summed E-state index contributed by atoms with van der Waals surface area (Å²) in [6.07, 6.45) is -5.97. The predicted octanol–water partition coefficient (Wildman–Crippen LogP) is -1.21. The average molecular weight is 472 g/mol. The summed E-state index contributed by atoms with van der Waals surface area (Å²) in [6.45, 7) is -0.760. The molecule has 0 spiro atoms. The first kappa shape index (κ1) is 27.5. The second-order valence-electron chi connectivity index (χ2n) is 6.63. The summed E-state index contributed by atoms with van der Waals surface area (Å²) in [4.78, 5) is 22.0. The highest BCUT2D eigenvalue weighted by Crippen LogP contribution is 2.26. The molecule has 0 bridgehead atoms. The Morgan fingerprint density at radius 3 is 1.62 bits per heavy atom. The van der Waals surface area contributed by atoms with Crippen molar-refractivity contribution in [3.63, 3.8) is 0 Å². The lowest BCUT2D eigenvalue weighted by Gasteiger charge is -2.22. The molecule has 1 aliphatic carbocycles. The highest BCUT2D eigenvalue weighted by atomic mass is 32.3. The lowest BCUT2D eigenvalue weighted by Crippen LogP contribution is -2.46. The molecule has 0 saturated carbocycles. The van der Waals surface area contributed by atoms with E-state index >= 15 is 0 Å². The van der Waals surface area contributed by atoms with Crippen molar-refractivity contribution in [1.29, 1.82) is 0 Å². The van der Waals surface area contributed by atoms with E-state index in [4.69, 9.17) is 43.1 Å². The molecule has 4 atom stereocenters. The van der Waals surface area contributed by atoms with E-state index in [1.54, 1.807) is 0 Å². The standard InChI is InChI=1S/C14H10O.C6H12O6.H2O4S/c15-14-12-7-3-1-5-10(12)9-11-6-2-4-8-13(11)14;7-1-3(9)5(11)6(12)4(10)2-8;1-5(2,3)4/h1-8H,9H2;1,3-6,8-12H,2H2;(H2,1,2,3,4)/t;3-,4+,5+,6+;/m.0./s1. The molecular weight excluding hydrogens is 448 g/mol. The molecule has 1 aliphatic rings. The second kappa shape index (κ2) is 12.5. The first-order valence-electron chi connectivity index (χ1n) is 9.09. The van der Waals surface area contributed by atoms with Crippen molar-refractivity contribution in [2.24, 2.45) is 0 Å². The van der Waals surface area contributed by atoms with Crippen LogP contribution in [-0.2, 0) is 21.6 Å². The van der Waals surface area contributed by atoms with E-state index < -0.39 is 41.4 Å². The quantitative estimate of drug-likeness (QED) is 0.173. The van der Waals surface area contributed by atoms with Gasteiger partial charge in [-0.25, -0.2) is 0 Å². The van der Waals surface area contributed by atoms with Gasteiger partial charge in [0, 0.05) is 11.1 Å². The Hall–Kier alpha value is -2.55. The van der Waals surface area contributed by atoms with Crippen molar-refractivity contribution in [1.82, 2.24) is 0 Å². The summed E-state index contributed by atoms with van der Waals surface area (Å²) < 4.78 is 31.6. The van der Waals surface area contributed by atoms with E-state index in [1.165, 1.54) is 0 Å². The molecule has 11 nitrogen and oxygen atoms in total. The third-order valence-electron chi connectivity index (χ3n) is 4.33. The number of carbonyl (C=O) groups is 2. The van der Waals surface area contributed by atoms with E-state index in [0.717, 1.165) is 28.7 Å². The monoisotopic (exact) mass is 472 g/mol. The van der Waals surface area contributed by atoms with Gasteiger partial charge in [-0.2, -0.15) is 8.42 Å². The molecule has 0 unspecified atom stereocenters. The fourth-order valence-electron chi connectivity index (χ4n) is 2.76. The van der Waals surface area contributed by atoms with E-state index in [1.807, 2.05) is 48.5 Å². The third-order valence-corrected chi connectivity index (χ3v) is 4.33. The van der Waals surface area contributed by atoms with Gasteiger partial charge >= 0.3 is 10.4 Å². The van der Waals surface area contributed by atoms with E-state index in [0.29, 0.717) is 0 Å². The van der Waals surface area contributed by atoms with Crippen molar-refractivity contribution in [2.45, 2.75) is 30.8 Å². The molecule has 2 aromatic rings. The molecule has 32 heavy (non-hydrogen) atoms. The van der Waals surface area contributed by atoms with Crippen LogP contribution in [0.5, 0.6) is 0 Å². The topological polar surface area (TPSA) is 210 Å². The van der Waals surface area contributed by atoms with Crippen LogP contribution in [0.15, 0.2) is 48.5 Å². The number of rotatable bonds is 5. The molecule has 7 N–H and O–H groups in total. The van der Waals surface area contributed by atoms with Gasteiger partial charge in [-0.05, 0) is 17.5 Å². The molecule has 0 aromatic heterocycles. The smallest absolute Gasteiger partial charge is 0.394 e. The second-order valence-corrected chi connectivity index (χ2v) is 7.52. The molecule has 0 aliphatic heterocycles. The number of aliphatic hydroxyl groups excluding tert-OH is 5. The number of aldehydes is 1. The molecule has 0 radical (unpaired) electrons. The highest BCUT2D eigenvalue weighted by Gasteiger charge is 2.29. The summed E-state index contributed by atoms with van der Waals surface area (Å²) in [6, 6.07) is 15.7. The molecule has 3 rings (SSSR count). The maximum Gasteiger partial charge on any atom is 0.394 e. The minimum absolute atomic E-state index is 0.0258. The number of benzene rings is 2. The minimum Gasteiger partial charge on any atom is -0.394 e. The van der Waals surface area contributed by atoms with E-state index in [9.17, 15) is 9.59 Å². The van der Waals surface area contributed by atoms with E-state index in [2.05, 4.69) is 0 Å². The first-order valence-corrected chi connectivity index (χ1v) is 10.5. The summed E-state index contributed by atoms with van der Waals surface area (Å²) >= 11 is 0. The zero-order chi connectivity index (χ0) is 24.5. The van der Waals surface area contributed by atoms with Crippen molar-refractivity contribution < 1.29 is 52.6 Å². The van der Waals surface area contributed by atoms with Crippen LogP contribution >= 0.6 is 0 Å². The van der Waals surface area contributed by atoms with Crippen LogP contribution in [0.2, 0.25) is 0 Å². The fraction of sp³-hybridized carbons (Fsp3) is 0.300. The van der Waals surface area contributed by atoms with Gasteiger partial charge in [0.05, 0.1) is 6.61 Å². The molecule has 2 aromatic carbocycles. The van der Waals surface area contributed by atoms with Crippen molar-refractivity contribution in [3.8, 4) is 0 Å². The van der Waals surface area contributed by atoms with Crippen LogP contribution in [0.25, 0.3) is 0 Å². The molecule has 0 fully saturated rings. The molecule has 0 saturated heterocycles. The van der Waals surface area contributed by atoms with Gasteiger partial charge in [-0.1, -0.05) is 48.5 Å². The van der Waals surface area contributed by atoms with Gasteiger partial charge < -0.3 is 30.3 Å². The minimum atomic E-state index is -4.67. The number of hydrogen-bond acceptors (Lipinski definition) is 9. The van der Waals surface area contributed by atoms with Gasteiger partial charge in [-0.15, -0.1) is 0 Å². The fourth-order valence-corrected chi connectivity index (χ4v) is 2.76. The summed E-state index contributed by atoms with van der Waals surface area (Å²) in [5.41, 5.74) is 4.00. The first-order chi connectivity index (χ1) is 14.9. The van der Waals surface area contributed by atoms with Crippen LogP contribution in [0.4, 0.5) is 0 Å².